The first-order valence-electron chi connectivity index (χ1n) is 6.01. The minimum Gasteiger partial charge on any atom is -0.394 e. The number of hydrogen-bond acceptors (Lipinski definition) is 4. The average molecular weight is 244 g/mol. The molecule has 1 rings (SSSR count). The van der Waals surface area contributed by atoms with Gasteiger partial charge in [-0.3, -0.25) is 4.79 Å². The van der Waals surface area contributed by atoms with Crippen molar-refractivity contribution < 1.29 is 14.6 Å². The van der Waals surface area contributed by atoms with Gasteiger partial charge in [-0.25, -0.2) is 0 Å². The second-order valence-corrected chi connectivity index (χ2v) is 5.77. The third kappa shape index (κ3) is 2.97. The van der Waals surface area contributed by atoms with E-state index in [1.807, 2.05) is 27.7 Å². The van der Waals surface area contributed by atoms with Crippen LogP contribution in [0.2, 0.25) is 0 Å². The molecule has 100 valence electrons. The maximum atomic E-state index is 12.4. The molecule has 0 spiro atoms. The fourth-order valence-corrected chi connectivity index (χ4v) is 1.69. The van der Waals surface area contributed by atoms with Crippen molar-refractivity contribution in [2.45, 2.75) is 39.3 Å². The van der Waals surface area contributed by atoms with Gasteiger partial charge in [0.25, 0.3) is 0 Å². The molecule has 0 aliphatic carbocycles. The molecule has 1 aliphatic heterocycles. The third-order valence-corrected chi connectivity index (χ3v) is 3.78. The van der Waals surface area contributed by atoms with Crippen molar-refractivity contribution in [3.8, 4) is 0 Å². The van der Waals surface area contributed by atoms with Crippen LogP contribution < -0.4 is 5.73 Å². The molecule has 1 saturated heterocycles. The first-order chi connectivity index (χ1) is 7.70. The third-order valence-electron chi connectivity index (χ3n) is 3.78. The second kappa shape index (κ2) is 4.92. The molecule has 0 aromatic rings. The second-order valence-electron chi connectivity index (χ2n) is 5.77. The summed E-state index contributed by atoms with van der Waals surface area (Å²) in [4.78, 5) is 14.2. The van der Waals surface area contributed by atoms with Gasteiger partial charge in [-0.15, -0.1) is 0 Å². The molecular formula is C12H24N2O3. The molecule has 3 N–H and O–H groups in total. The number of aliphatic hydroxyl groups excluding tert-OH is 1. The summed E-state index contributed by atoms with van der Waals surface area (Å²) < 4.78 is 5.33. The SMILES string of the molecule is CC(C)(N)C(C)(C)C(=O)N1CCOC(CO)C1. The molecule has 1 heterocycles. The van der Waals surface area contributed by atoms with Crippen LogP contribution in [0, 0.1) is 5.41 Å². The van der Waals surface area contributed by atoms with Gasteiger partial charge in [-0.1, -0.05) is 0 Å². The van der Waals surface area contributed by atoms with Crippen LogP contribution in [0.1, 0.15) is 27.7 Å². The maximum Gasteiger partial charge on any atom is 0.230 e. The zero-order valence-corrected chi connectivity index (χ0v) is 11.2. The van der Waals surface area contributed by atoms with Gasteiger partial charge in [-0.2, -0.15) is 0 Å². The van der Waals surface area contributed by atoms with Crippen LogP contribution in [0.25, 0.3) is 0 Å². The van der Waals surface area contributed by atoms with Crippen LogP contribution in [0.3, 0.4) is 0 Å². The monoisotopic (exact) mass is 244 g/mol. The van der Waals surface area contributed by atoms with Gasteiger partial charge in [-0.05, 0) is 27.7 Å². The Hall–Kier alpha value is -0.650. The van der Waals surface area contributed by atoms with Gasteiger partial charge in [0.15, 0.2) is 0 Å². The van der Waals surface area contributed by atoms with E-state index in [9.17, 15) is 4.79 Å². The highest BCUT2D eigenvalue weighted by Crippen LogP contribution is 2.31. The summed E-state index contributed by atoms with van der Waals surface area (Å²) in [5.74, 6) is 0.0201. The maximum absolute atomic E-state index is 12.4. The van der Waals surface area contributed by atoms with E-state index in [1.54, 1.807) is 4.90 Å². The van der Waals surface area contributed by atoms with E-state index in [2.05, 4.69) is 0 Å². The molecule has 1 fully saturated rings. The summed E-state index contributed by atoms with van der Waals surface area (Å²) in [6.45, 7) is 8.85. The van der Waals surface area contributed by atoms with Crippen LogP contribution in [0.4, 0.5) is 0 Å². The van der Waals surface area contributed by atoms with E-state index in [-0.39, 0.29) is 18.6 Å². The Morgan fingerprint density at radius 2 is 2.06 bits per heavy atom. The van der Waals surface area contributed by atoms with E-state index >= 15 is 0 Å². The van der Waals surface area contributed by atoms with E-state index in [4.69, 9.17) is 15.6 Å². The normalized spacial score (nSPS) is 22.7. The summed E-state index contributed by atoms with van der Waals surface area (Å²) in [7, 11) is 0. The highest BCUT2D eigenvalue weighted by atomic mass is 16.5. The number of aliphatic hydroxyl groups is 1. The summed E-state index contributed by atoms with van der Waals surface area (Å²) in [5, 5.41) is 9.07. The number of rotatable bonds is 3. The van der Waals surface area contributed by atoms with Crippen molar-refractivity contribution in [2.24, 2.45) is 11.1 Å². The molecule has 1 amide bonds. The molecule has 1 unspecified atom stereocenters. The summed E-state index contributed by atoms with van der Waals surface area (Å²) >= 11 is 0. The number of morpholine rings is 1. The predicted octanol–water partition coefficient (Wildman–Crippen LogP) is -0.0304. The van der Waals surface area contributed by atoms with Crippen LogP contribution in [0.15, 0.2) is 0 Å². The molecule has 17 heavy (non-hydrogen) atoms. The molecule has 1 atom stereocenters. The quantitative estimate of drug-likeness (QED) is 0.731. The van der Waals surface area contributed by atoms with E-state index in [0.717, 1.165) is 0 Å². The van der Waals surface area contributed by atoms with Crippen molar-refractivity contribution in [1.29, 1.82) is 0 Å². The minimum absolute atomic E-state index is 0.0201. The lowest BCUT2D eigenvalue weighted by molar-refractivity contribution is -0.152. The summed E-state index contributed by atoms with van der Waals surface area (Å²) in [6.07, 6.45) is -0.274. The number of hydrogen-bond donors (Lipinski definition) is 2. The summed E-state index contributed by atoms with van der Waals surface area (Å²) in [5.41, 5.74) is 4.84. The number of carbonyl (C=O) groups excluding carboxylic acids is 1. The summed E-state index contributed by atoms with van der Waals surface area (Å²) in [6, 6.07) is 0. The number of amides is 1. The Balaban J connectivity index is 2.76. The topological polar surface area (TPSA) is 75.8 Å². The highest BCUT2D eigenvalue weighted by Gasteiger charge is 2.43. The Morgan fingerprint density at radius 3 is 2.53 bits per heavy atom. The zero-order chi connectivity index (χ0) is 13.3. The van der Waals surface area contributed by atoms with E-state index in [0.29, 0.717) is 19.7 Å². The lowest BCUT2D eigenvalue weighted by Crippen LogP contribution is -2.59. The molecular weight excluding hydrogens is 220 g/mol. The van der Waals surface area contributed by atoms with E-state index < -0.39 is 11.0 Å². The first-order valence-corrected chi connectivity index (χ1v) is 6.01. The number of carbonyl (C=O) groups is 1. The number of nitrogens with two attached hydrogens (primary N) is 1. The Bertz CT molecular complexity index is 284. The van der Waals surface area contributed by atoms with Crippen molar-refractivity contribution in [3.05, 3.63) is 0 Å². The molecule has 0 aromatic carbocycles. The molecule has 0 aromatic heterocycles. The highest BCUT2D eigenvalue weighted by molar-refractivity contribution is 5.83. The largest absolute Gasteiger partial charge is 0.394 e. The van der Waals surface area contributed by atoms with Crippen LogP contribution >= 0.6 is 0 Å². The molecule has 0 radical (unpaired) electrons. The number of nitrogens with zero attached hydrogens (tertiary/aromatic N) is 1. The van der Waals surface area contributed by atoms with Gasteiger partial charge >= 0.3 is 0 Å². The molecule has 5 nitrogen and oxygen atoms in total. The van der Waals surface area contributed by atoms with Crippen molar-refractivity contribution in [2.75, 3.05) is 26.3 Å². The zero-order valence-electron chi connectivity index (χ0n) is 11.2. The lowest BCUT2D eigenvalue weighted by atomic mass is 9.74. The van der Waals surface area contributed by atoms with Crippen molar-refractivity contribution in [3.63, 3.8) is 0 Å². The smallest absolute Gasteiger partial charge is 0.230 e. The molecule has 0 saturated carbocycles. The fourth-order valence-electron chi connectivity index (χ4n) is 1.69. The Labute approximate surface area is 103 Å². The standard InChI is InChI=1S/C12H24N2O3/c1-11(2,12(3,4)13)10(16)14-5-6-17-9(7-14)8-15/h9,15H,5-8,13H2,1-4H3. The van der Waals surface area contributed by atoms with Gasteiger partial charge in [0.1, 0.15) is 0 Å². The average Bonchev–Trinajstić information content (AvgIpc) is 2.26. The Morgan fingerprint density at radius 1 is 1.47 bits per heavy atom. The van der Waals surface area contributed by atoms with Crippen LogP contribution in [0.5, 0.6) is 0 Å². The van der Waals surface area contributed by atoms with Crippen LogP contribution in [-0.2, 0) is 9.53 Å². The molecule has 0 bridgehead atoms. The van der Waals surface area contributed by atoms with Crippen LogP contribution in [-0.4, -0.2) is 53.9 Å². The van der Waals surface area contributed by atoms with E-state index in [1.165, 1.54) is 0 Å². The molecule has 5 heteroatoms. The van der Waals surface area contributed by atoms with Crippen molar-refractivity contribution >= 4 is 5.91 Å². The minimum atomic E-state index is -0.635. The fraction of sp³-hybridized carbons (Fsp3) is 0.917. The number of ether oxygens (including phenoxy) is 1. The Kier molecular flexibility index (Phi) is 4.17. The molecule has 1 aliphatic rings. The van der Waals surface area contributed by atoms with Gasteiger partial charge < -0.3 is 20.5 Å². The van der Waals surface area contributed by atoms with Gasteiger partial charge in [0.05, 0.1) is 24.7 Å². The first kappa shape index (κ1) is 14.4. The van der Waals surface area contributed by atoms with Crippen molar-refractivity contribution in [1.82, 2.24) is 4.90 Å². The van der Waals surface area contributed by atoms with Gasteiger partial charge in [0.2, 0.25) is 5.91 Å². The van der Waals surface area contributed by atoms with Gasteiger partial charge in [0, 0.05) is 18.6 Å². The lowest BCUT2D eigenvalue weighted by Gasteiger charge is -2.42. The predicted molar refractivity (Wildman–Crippen MR) is 65.5 cm³/mol.